The van der Waals surface area contributed by atoms with Crippen LogP contribution in [0.4, 0.5) is 0 Å². The molecular formula is C24H22N2O3. The van der Waals surface area contributed by atoms with E-state index in [-0.39, 0.29) is 23.0 Å². The highest BCUT2D eigenvalue weighted by atomic mass is 16.5. The number of benzene rings is 3. The molecule has 1 aliphatic rings. The zero-order valence-electron chi connectivity index (χ0n) is 16.1. The molecule has 1 fully saturated rings. The lowest BCUT2D eigenvalue weighted by molar-refractivity contribution is -0.122. The molecule has 1 aliphatic carbocycles. The molecular weight excluding hydrogens is 364 g/mol. The van der Waals surface area contributed by atoms with Crippen LogP contribution in [0.2, 0.25) is 0 Å². The van der Waals surface area contributed by atoms with E-state index < -0.39 is 0 Å². The van der Waals surface area contributed by atoms with Gasteiger partial charge in [0.2, 0.25) is 5.91 Å². The molecule has 3 aromatic rings. The molecule has 29 heavy (non-hydrogen) atoms. The van der Waals surface area contributed by atoms with Crippen LogP contribution in [0.3, 0.4) is 0 Å². The third kappa shape index (κ3) is 3.47. The average molecular weight is 386 g/mol. The molecule has 0 spiro atoms. The number of methoxy groups -OCH3 is 1. The predicted octanol–water partition coefficient (Wildman–Crippen LogP) is 3.86. The minimum absolute atomic E-state index is 0.0117. The minimum atomic E-state index is -0.333. The van der Waals surface area contributed by atoms with Crippen molar-refractivity contribution in [3.05, 3.63) is 95.6 Å². The first kappa shape index (κ1) is 18.7. The Morgan fingerprint density at radius 3 is 2.24 bits per heavy atom. The second kappa shape index (κ2) is 7.80. The first-order chi connectivity index (χ1) is 14.2. The van der Waals surface area contributed by atoms with Gasteiger partial charge in [-0.3, -0.25) is 4.79 Å². The molecule has 5 heteroatoms. The van der Waals surface area contributed by atoms with Gasteiger partial charge < -0.3 is 9.84 Å². The number of carbonyl (C=O) groups is 1. The summed E-state index contributed by atoms with van der Waals surface area (Å²) in [6.07, 6.45) is 2.15. The van der Waals surface area contributed by atoms with Crippen molar-refractivity contribution in [2.24, 2.45) is 11.0 Å². The van der Waals surface area contributed by atoms with E-state index in [0.717, 1.165) is 17.5 Å². The van der Waals surface area contributed by atoms with Gasteiger partial charge in [0, 0.05) is 11.0 Å². The van der Waals surface area contributed by atoms with Gasteiger partial charge in [0.15, 0.2) is 11.5 Å². The van der Waals surface area contributed by atoms with E-state index in [2.05, 4.69) is 34.8 Å². The number of carbonyl (C=O) groups excluding carboxylic acids is 1. The van der Waals surface area contributed by atoms with Gasteiger partial charge in [0.05, 0.1) is 19.2 Å². The molecule has 1 atom stereocenters. The molecule has 0 saturated heterocycles. The number of nitrogens with one attached hydrogen (secondary N) is 1. The molecule has 3 aromatic carbocycles. The highest BCUT2D eigenvalue weighted by Gasteiger charge is 2.60. The SMILES string of the molecule is COc1cccc(/C=N\NC(=O)[C@H]2CC2(c2ccccc2)c2ccccc2)c1O. The fourth-order valence-corrected chi connectivity index (χ4v) is 3.91. The molecule has 1 amide bonds. The minimum Gasteiger partial charge on any atom is -0.504 e. The number of amides is 1. The van der Waals surface area contributed by atoms with Crippen molar-refractivity contribution in [2.45, 2.75) is 11.8 Å². The Morgan fingerprint density at radius 1 is 1.03 bits per heavy atom. The molecule has 0 aromatic heterocycles. The normalized spacial score (nSPS) is 17.1. The number of hydrogen-bond acceptors (Lipinski definition) is 4. The summed E-state index contributed by atoms with van der Waals surface area (Å²) in [5.74, 6) is -0.00308. The van der Waals surface area contributed by atoms with Gasteiger partial charge >= 0.3 is 0 Å². The van der Waals surface area contributed by atoms with Crippen molar-refractivity contribution >= 4 is 12.1 Å². The highest BCUT2D eigenvalue weighted by Crippen LogP contribution is 2.58. The molecule has 0 aliphatic heterocycles. The van der Waals surface area contributed by atoms with Crippen LogP contribution < -0.4 is 10.2 Å². The second-order valence-corrected chi connectivity index (χ2v) is 7.09. The Kier molecular flexibility index (Phi) is 5.04. The fourth-order valence-electron chi connectivity index (χ4n) is 3.91. The smallest absolute Gasteiger partial charge is 0.244 e. The average Bonchev–Trinajstić information content (AvgIpc) is 3.53. The van der Waals surface area contributed by atoms with Gasteiger partial charge in [0.1, 0.15) is 0 Å². The molecule has 4 rings (SSSR count). The second-order valence-electron chi connectivity index (χ2n) is 7.09. The number of hydrogen-bond donors (Lipinski definition) is 2. The van der Waals surface area contributed by atoms with E-state index in [0.29, 0.717) is 11.3 Å². The lowest BCUT2D eigenvalue weighted by atomic mass is 9.85. The summed E-state index contributed by atoms with van der Waals surface area (Å²) in [6, 6.07) is 25.3. The first-order valence-corrected chi connectivity index (χ1v) is 9.47. The lowest BCUT2D eigenvalue weighted by Gasteiger charge is -2.18. The van der Waals surface area contributed by atoms with E-state index >= 15 is 0 Å². The molecule has 0 unspecified atom stereocenters. The summed E-state index contributed by atoms with van der Waals surface area (Å²) < 4.78 is 5.09. The van der Waals surface area contributed by atoms with Crippen molar-refractivity contribution < 1.29 is 14.6 Å². The van der Waals surface area contributed by atoms with Crippen LogP contribution in [-0.2, 0) is 10.2 Å². The van der Waals surface area contributed by atoms with Gasteiger partial charge in [-0.2, -0.15) is 5.10 Å². The number of rotatable bonds is 6. The molecule has 0 radical (unpaired) electrons. The summed E-state index contributed by atoms with van der Waals surface area (Å²) in [5.41, 5.74) is 5.02. The third-order valence-corrected chi connectivity index (χ3v) is 5.48. The fraction of sp³-hybridized carbons (Fsp3) is 0.167. The van der Waals surface area contributed by atoms with Crippen molar-refractivity contribution in [3.8, 4) is 11.5 Å². The van der Waals surface area contributed by atoms with Crippen molar-refractivity contribution in [2.75, 3.05) is 7.11 Å². The number of ether oxygens (including phenoxy) is 1. The maximum absolute atomic E-state index is 12.9. The molecule has 1 saturated carbocycles. The number of phenolic OH excluding ortho intramolecular Hbond substituents is 1. The van der Waals surface area contributed by atoms with Crippen molar-refractivity contribution in [1.82, 2.24) is 5.43 Å². The van der Waals surface area contributed by atoms with E-state index in [1.54, 1.807) is 18.2 Å². The summed E-state index contributed by atoms with van der Waals surface area (Å²) in [6.45, 7) is 0. The summed E-state index contributed by atoms with van der Waals surface area (Å²) in [5, 5.41) is 14.2. The van der Waals surface area contributed by atoms with Gasteiger partial charge in [-0.15, -0.1) is 0 Å². The topological polar surface area (TPSA) is 70.9 Å². The molecule has 5 nitrogen and oxygen atoms in total. The van der Waals surface area contributed by atoms with Crippen molar-refractivity contribution in [1.29, 1.82) is 0 Å². The largest absolute Gasteiger partial charge is 0.504 e. The van der Waals surface area contributed by atoms with Crippen LogP contribution >= 0.6 is 0 Å². The van der Waals surface area contributed by atoms with Gasteiger partial charge in [0.25, 0.3) is 0 Å². The molecule has 2 N–H and O–H groups in total. The Hall–Kier alpha value is -3.60. The Labute approximate surface area is 169 Å². The van der Waals surface area contributed by atoms with Crippen LogP contribution in [0.25, 0.3) is 0 Å². The number of hydrazone groups is 1. The van der Waals surface area contributed by atoms with Crippen LogP contribution in [0, 0.1) is 5.92 Å². The van der Waals surface area contributed by atoms with Crippen LogP contribution in [0.5, 0.6) is 11.5 Å². The predicted molar refractivity (Wildman–Crippen MR) is 112 cm³/mol. The van der Waals surface area contributed by atoms with Crippen molar-refractivity contribution in [3.63, 3.8) is 0 Å². The van der Waals surface area contributed by atoms with E-state index in [4.69, 9.17) is 4.74 Å². The maximum atomic E-state index is 12.9. The van der Waals surface area contributed by atoms with Crippen LogP contribution in [-0.4, -0.2) is 24.3 Å². The summed E-state index contributed by atoms with van der Waals surface area (Å²) >= 11 is 0. The third-order valence-electron chi connectivity index (χ3n) is 5.48. The molecule has 0 heterocycles. The van der Waals surface area contributed by atoms with Gasteiger partial charge in [-0.25, -0.2) is 5.43 Å². The van der Waals surface area contributed by atoms with Crippen LogP contribution in [0.1, 0.15) is 23.1 Å². The number of para-hydroxylation sites is 1. The Morgan fingerprint density at radius 2 is 1.66 bits per heavy atom. The van der Waals surface area contributed by atoms with E-state index in [9.17, 15) is 9.90 Å². The first-order valence-electron chi connectivity index (χ1n) is 9.47. The maximum Gasteiger partial charge on any atom is 0.244 e. The zero-order chi connectivity index (χ0) is 20.3. The van der Waals surface area contributed by atoms with Crippen LogP contribution in [0.15, 0.2) is 84.0 Å². The number of nitrogens with zero attached hydrogens (tertiary/aromatic N) is 1. The Bertz CT molecular complexity index is 993. The number of aromatic hydroxyl groups is 1. The van der Waals surface area contributed by atoms with Gasteiger partial charge in [-0.05, 0) is 29.7 Å². The highest BCUT2D eigenvalue weighted by molar-refractivity contribution is 5.89. The zero-order valence-corrected chi connectivity index (χ0v) is 16.1. The summed E-state index contributed by atoms with van der Waals surface area (Å²) in [4.78, 5) is 12.9. The monoisotopic (exact) mass is 386 g/mol. The van der Waals surface area contributed by atoms with E-state index in [1.165, 1.54) is 13.3 Å². The Balaban J connectivity index is 1.54. The quantitative estimate of drug-likeness (QED) is 0.499. The lowest BCUT2D eigenvalue weighted by Crippen LogP contribution is -2.25. The number of phenols is 1. The summed E-state index contributed by atoms with van der Waals surface area (Å²) in [7, 11) is 1.48. The molecule has 0 bridgehead atoms. The van der Waals surface area contributed by atoms with Gasteiger partial charge in [-0.1, -0.05) is 66.7 Å². The standard InChI is InChI=1S/C24H22N2O3/c1-29-21-14-8-9-17(22(21)27)16-25-26-23(28)20-15-24(20,18-10-4-2-5-11-18)19-12-6-3-7-13-19/h2-14,16,20,27H,15H2,1H3,(H,26,28)/b25-16-/t20-/m1/s1. The van der Waals surface area contributed by atoms with E-state index in [1.807, 2.05) is 36.4 Å². The molecule has 146 valence electrons.